The number of nitrogens with one attached hydrogen (secondary N) is 2. The van der Waals surface area contributed by atoms with Gasteiger partial charge in [-0.15, -0.1) is 0 Å². The fourth-order valence-electron chi connectivity index (χ4n) is 2.90. The van der Waals surface area contributed by atoms with Crippen molar-refractivity contribution in [3.63, 3.8) is 0 Å². The average molecular weight is 342 g/mol. The number of aromatic hydroxyl groups is 1. The Morgan fingerprint density at radius 3 is 3.08 bits per heavy atom. The minimum Gasteiger partial charge on any atom is -0.508 e. The third-order valence-corrected chi connectivity index (χ3v) is 4.43. The number of halogens is 1. The molecule has 0 saturated heterocycles. The molecule has 2 aliphatic rings. The number of benzene rings is 1. The van der Waals surface area contributed by atoms with Gasteiger partial charge in [0.25, 0.3) is 0 Å². The lowest BCUT2D eigenvalue weighted by Gasteiger charge is -2.18. The molecule has 0 amide bonds. The summed E-state index contributed by atoms with van der Waals surface area (Å²) < 4.78 is 0. The Bertz CT molecular complexity index is 849. The van der Waals surface area contributed by atoms with Crippen LogP contribution >= 0.6 is 11.6 Å². The monoisotopic (exact) mass is 341 g/mol. The summed E-state index contributed by atoms with van der Waals surface area (Å²) in [6, 6.07) is 5.41. The van der Waals surface area contributed by atoms with E-state index in [0.717, 1.165) is 36.2 Å². The van der Waals surface area contributed by atoms with Gasteiger partial charge in [0.05, 0.1) is 6.20 Å². The van der Waals surface area contributed by atoms with E-state index in [-0.39, 0.29) is 0 Å². The number of hydrogen-bond acceptors (Lipinski definition) is 6. The van der Waals surface area contributed by atoms with E-state index in [2.05, 4.69) is 25.6 Å². The van der Waals surface area contributed by atoms with E-state index in [4.69, 9.17) is 11.6 Å². The molecule has 3 N–H and O–H groups in total. The summed E-state index contributed by atoms with van der Waals surface area (Å²) in [5.41, 5.74) is 2.68. The van der Waals surface area contributed by atoms with E-state index < -0.39 is 0 Å². The summed E-state index contributed by atoms with van der Waals surface area (Å²) in [5.74, 6) is 1.59. The molecule has 1 aromatic heterocycles. The van der Waals surface area contributed by atoms with Gasteiger partial charge in [-0.3, -0.25) is 4.99 Å². The fourth-order valence-corrected chi connectivity index (χ4v) is 3.04. The van der Waals surface area contributed by atoms with E-state index >= 15 is 0 Å². The molecule has 0 aliphatic carbocycles. The van der Waals surface area contributed by atoms with E-state index in [0.29, 0.717) is 28.5 Å². The molecule has 2 aliphatic heterocycles. The molecule has 1 atom stereocenters. The van der Waals surface area contributed by atoms with Gasteiger partial charge in [-0.1, -0.05) is 11.6 Å². The molecule has 0 fully saturated rings. The van der Waals surface area contributed by atoms with Gasteiger partial charge >= 0.3 is 0 Å². The predicted octanol–water partition coefficient (Wildman–Crippen LogP) is 3.87. The molecular weight excluding hydrogens is 326 g/mol. The Kier molecular flexibility index (Phi) is 3.82. The van der Waals surface area contributed by atoms with Crippen molar-refractivity contribution in [3.8, 4) is 5.75 Å². The van der Waals surface area contributed by atoms with Crippen LogP contribution in [0.15, 0.2) is 41.3 Å². The highest BCUT2D eigenvalue weighted by Crippen LogP contribution is 2.30. The highest BCUT2D eigenvalue weighted by atomic mass is 35.5. The first kappa shape index (κ1) is 15.0. The van der Waals surface area contributed by atoms with Crippen LogP contribution in [0.4, 0.5) is 17.5 Å². The number of phenols is 1. The molecule has 6 bridgehead atoms. The van der Waals surface area contributed by atoms with Crippen LogP contribution in [-0.2, 0) is 6.42 Å². The number of rotatable bonds is 0. The number of aliphatic imine (C=N–C) groups is 1. The molecule has 2 aromatic rings. The minimum absolute atomic E-state index is 0.298. The number of anilines is 3. The highest BCUT2D eigenvalue weighted by molar-refractivity contribution is 6.32. The molecule has 0 saturated carbocycles. The maximum absolute atomic E-state index is 10.1. The summed E-state index contributed by atoms with van der Waals surface area (Å²) in [7, 11) is 0. The van der Waals surface area contributed by atoms with Crippen LogP contribution in [0.25, 0.3) is 0 Å². The molecule has 1 aromatic carbocycles. The standard InChI is InChI=1S/C17H16ClN5O/c18-14-9-20-17-22-13-5-10(7-19-8-13)1-2-11-6-12(3-4-15(11)24)21-16(14)23-17/h3-4,6-10,24H,1-2,5H2,(H2,20,21,22,23). The van der Waals surface area contributed by atoms with Gasteiger partial charge in [0.2, 0.25) is 5.95 Å². The summed E-state index contributed by atoms with van der Waals surface area (Å²) >= 11 is 6.20. The zero-order valence-corrected chi connectivity index (χ0v) is 13.6. The zero-order chi connectivity index (χ0) is 16.5. The van der Waals surface area contributed by atoms with E-state index in [1.54, 1.807) is 24.5 Å². The topological polar surface area (TPSA) is 82.4 Å². The van der Waals surface area contributed by atoms with Gasteiger partial charge in [0.15, 0.2) is 5.82 Å². The van der Waals surface area contributed by atoms with Gasteiger partial charge in [0, 0.05) is 29.7 Å². The van der Waals surface area contributed by atoms with E-state index in [9.17, 15) is 5.11 Å². The second-order valence-corrected chi connectivity index (χ2v) is 6.35. The lowest BCUT2D eigenvalue weighted by Crippen LogP contribution is -2.14. The fraction of sp³-hybridized carbons (Fsp3) is 0.235. The third-order valence-electron chi connectivity index (χ3n) is 4.15. The van der Waals surface area contributed by atoms with Crippen LogP contribution in [0.2, 0.25) is 5.02 Å². The molecule has 122 valence electrons. The largest absolute Gasteiger partial charge is 0.508 e. The molecule has 4 rings (SSSR count). The molecule has 24 heavy (non-hydrogen) atoms. The van der Waals surface area contributed by atoms with Gasteiger partial charge in [-0.25, -0.2) is 4.98 Å². The van der Waals surface area contributed by atoms with Crippen molar-refractivity contribution in [3.05, 3.63) is 46.9 Å². The molecule has 6 nitrogen and oxygen atoms in total. The molecule has 3 heterocycles. The summed E-state index contributed by atoms with van der Waals surface area (Å²) in [6.45, 7) is 0. The van der Waals surface area contributed by atoms with Crippen LogP contribution in [-0.4, -0.2) is 21.3 Å². The van der Waals surface area contributed by atoms with Crippen LogP contribution < -0.4 is 10.6 Å². The summed E-state index contributed by atoms with van der Waals surface area (Å²) in [4.78, 5) is 13.0. The van der Waals surface area contributed by atoms with Crippen molar-refractivity contribution in [2.24, 2.45) is 10.9 Å². The highest BCUT2D eigenvalue weighted by Gasteiger charge is 2.17. The second kappa shape index (κ2) is 6.13. The van der Waals surface area contributed by atoms with Crippen molar-refractivity contribution < 1.29 is 5.11 Å². The van der Waals surface area contributed by atoms with Crippen molar-refractivity contribution in [2.45, 2.75) is 19.3 Å². The lowest BCUT2D eigenvalue weighted by atomic mass is 9.94. The van der Waals surface area contributed by atoms with E-state index in [1.165, 1.54) is 0 Å². The van der Waals surface area contributed by atoms with Crippen molar-refractivity contribution in [2.75, 3.05) is 10.6 Å². The second-order valence-electron chi connectivity index (χ2n) is 5.94. The van der Waals surface area contributed by atoms with Crippen molar-refractivity contribution in [1.29, 1.82) is 0 Å². The van der Waals surface area contributed by atoms with Gasteiger partial charge in [-0.05, 0) is 43.0 Å². The molecule has 1 unspecified atom stereocenters. The van der Waals surface area contributed by atoms with Crippen molar-refractivity contribution in [1.82, 2.24) is 9.97 Å². The van der Waals surface area contributed by atoms with Gasteiger partial charge in [-0.2, -0.15) is 4.98 Å². The molecule has 0 spiro atoms. The lowest BCUT2D eigenvalue weighted by molar-refractivity contribution is 0.465. The first-order valence-corrected chi connectivity index (χ1v) is 8.16. The van der Waals surface area contributed by atoms with E-state index in [1.807, 2.05) is 12.3 Å². The Balaban J connectivity index is 1.78. The first-order chi connectivity index (χ1) is 11.7. The summed E-state index contributed by atoms with van der Waals surface area (Å²) in [6.07, 6.45) is 7.81. The maximum atomic E-state index is 10.1. The van der Waals surface area contributed by atoms with Crippen molar-refractivity contribution >= 4 is 35.3 Å². The molecular formula is C17H16ClN5O. The quantitative estimate of drug-likeness (QED) is 0.634. The van der Waals surface area contributed by atoms with Gasteiger partial charge < -0.3 is 15.7 Å². The van der Waals surface area contributed by atoms with Gasteiger partial charge in [0.1, 0.15) is 10.8 Å². The Labute approximate surface area is 144 Å². The Morgan fingerprint density at radius 2 is 2.17 bits per heavy atom. The third kappa shape index (κ3) is 3.05. The predicted molar refractivity (Wildman–Crippen MR) is 95.1 cm³/mol. The SMILES string of the molecule is Oc1ccc2cc1CCC1C=NC=C(C1)Nc1ncc(Cl)c(n1)N2. The molecule has 7 heteroatoms. The number of allylic oxidation sites excluding steroid dienone is 1. The Hall–Kier alpha value is -2.60. The number of hydrogen-bond donors (Lipinski definition) is 3. The number of fused-ring (bicyclic) bond motifs is 6. The first-order valence-electron chi connectivity index (χ1n) is 7.78. The van der Waals surface area contributed by atoms with Crippen LogP contribution in [0.3, 0.4) is 0 Å². The van der Waals surface area contributed by atoms with Crippen LogP contribution in [0, 0.1) is 5.92 Å². The number of phenolic OH excluding ortho intramolecular Hbond substituents is 1. The van der Waals surface area contributed by atoms with Crippen LogP contribution in [0.5, 0.6) is 5.75 Å². The number of aromatic nitrogens is 2. The van der Waals surface area contributed by atoms with Crippen LogP contribution in [0.1, 0.15) is 18.4 Å². The smallest absolute Gasteiger partial charge is 0.229 e. The zero-order valence-electron chi connectivity index (χ0n) is 12.8. The average Bonchev–Trinajstić information content (AvgIpc) is 2.58. The maximum Gasteiger partial charge on any atom is 0.229 e. The minimum atomic E-state index is 0.298. The normalized spacial score (nSPS) is 19.0. The molecule has 0 radical (unpaired) electrons. The number of aryl methyl sites for hydroxylation is 1. The number of nitrogens with zero attached hydrogens (tertiary/aromatic N) is 3. The Morgan fingerprint density at radius 1 is 1.25 bits per heavy atom. The summed E-state index contributed by atoms with van der Waals surface area (Å²) in [5, 5.41) is 16.9.